The van der Waals surface area contributed by atoms with Crippen LogP contribution in [0.2, 0.25) is 5.02 Å². The molecule has 0 fully saturated rings. The first-order valence-electron chi connectivity index (χ1n) is 9.81. The second-order valence-corrected chi connectivity index (χ2v) is 7.89. The van der Waals surface area contributed by atoms with Crippen LogP contribution in [-0.4, -0.2) is 38.7 Å². The van der Waals surface area contributed by atoms with E-state index in [1.54, 1.807) is 4.68 Å². The largest absolute Gasteiger partial charge is 0.352 e. The van der Waals surface area contributed by atoms with Crippen molar-refractivity contribution in [3.63, 3.8) is 0 Å². The molecule has 2 N–H and O–H groups in total. The number of carbonyl (C=O) groups excluding carboxylic acids is 2. The zero-order valence-electron chi connectivity index (χ0n) is 17.1. The lowest BCUT2D eigenvalue weighted by Crippen LogP contribution is -2.40. The summed E-state index contributed by atoms with van der Waals surface area (Å²) in [6.07, 6.45) is 2.20. The van der Waals surface area contributed by atoms with E-state index in [1.165, 1.54) is 0 Å². The lowest BCUT2D eigenvalue weighted by atomic mass is 10.2. The van der Waals surface area contributed by atoms with Crippen LogP contribution in [0.15, 0.2) is 24.3 Å². The Kier molecular flexibility index (Phi) is 8.85. The van der Waals surface area contributed by atoms with Crippen molar-refractivity contribution in [1.82, 2.24) is 25.0 Å². The van der Waals surface area contributed by atoms with Crippen LogP contribution in [0.1, 0.15) is 40.0 Å². The first-order chi connectivity index (χ1) is 13.8. The van der Waals surface area contributed by atoms with Gasteiger partial charge in [-0.1, -0.05) is 24.9 Å². The molecule has 2 aromatic rings. The average molecular weight is 438 g/mol. The zero-order chi connectivity index (χ0) is 21.4. The normalized spacial score (nSPS) is 10.9. The van der Waals surface area contributed by atoms with Crippen molar-refractivity contribution in [3.8, 4) is 11.4 Å². The molecule has 0 unspecified atom stereocenters. The molecule has 0 aliphatic rings. The summed E-state index contributed by atoms with van der Waals surface area (Å²) in [5.41, 5.74) is 0.921. The highest BCUT2D eigenvalue weighted by molar-refractivity contribution is 7.71. The number of nitrogens with zero attached hydrogens (tertiary/aromatic N) is 3. The van der Waals surface area contributed by atoms with Crippen molar-refractivity contribution in [2.45, 2.75) is 59.2 Å². The highest BCUT2D eigenvalue weighted by Gasteiger charge is 2.14. The number of halogens is 1. The molecule has 0 aliphatic carbocycles. The molecule has 0 spiro atoms. The highest BCUT2D eigenvalue weighted by Crippen LogP contribution is 2.21. The Morgan fingerprint density at radius 3 is 2.48 bits per heavy atom. The van der Waals surface area contributed by atoms with Gasteiger partial charge in [0.05, 0.1) is 13.1 Å². The van der Waals surface area contributed by atoms with Gasteiger partial charge in [0.15, 0.2) is 10.6 Å². The molecule has 0 saturated heterocycles. The number of hydrogen-bond donors (Lipinski definition) is 2. The first kappa shape index (κ1) is 23.1. The maximum atomic E-state index is 12.1. The average Bonchev–Trinajstić information content (AvgIpc) is 2.98. The lowest BCUT2D eigenvalue weighted by molar-refractivity contribution is -0.126. The quantitative estimate of drug-likeness (QED) is 0.557. The van der Waals surface area contributed by atoms with E-state index in [2.05, 4.69) is 22.7 Å². The van der Waals surface area contributed by atoms with Gasteiger partial charge in [0, 0.05) is 29.6 Å². The third-order valence-corrected chi connectivity index (χ3v) is 4.89. The molecular formula is C20H28ClN5O2S. The maximum absolute atomic E-state index is 12.1. The van der Waals surface area contributed by atoms with Gasteiger partial charge in [0.1, 0.15) is 0 Å². The van der Waals surface area contributed by atoms with Crippen molar-refractivity contribution in [1.29, 1.82) is 0 Å². The Labute approximate surface area is 181 Å². The van der Waals surface area contributed by atoms with E-state index in [4.69, 9.17) is 23.8 Å². The summed E-state index contributed by atoms with van der Waals surface area (Å²) >= 11 is 11.6. The van der Waals surface area contributed by atoms with Crippen LogP contribution in [0, 0.1) is 4.77 Å². The van der Waals surface area contributed by atoms with Crippen LogP contribution in [0.4, 0.5) is 0 Å². The molecule has 0 aliphatic heterocycles. The number of aryl methyl sites for hydroxylation is 1. The second kappa shape index (κ2) is 11.1. The Bertz CT molecular complexity index is 889. The van der Waals surface area contributed by atoms with Gasteiger partial charge in [-0.3, -0.25) is 14.2 Å². The van der Waals surface area contributed by atoms with Gasteiger partial charge in [0.25, 0.3) is 0 Å². The number of benzene rings is 1. The van der Waals surface area contributed by atoms with Gasteiger partial charge in [-0.15, -0.1) is 0 Å². The topological polar surface area (TPSA) is 81.0 Å². The molecule has 9 heteroatoms. The Balaban J connectivity index is 2.08. The maximum Gasteiger partial charge on any atom is 0.239 e. The van der Waals surface area contributed by atoms with E-state index in [0.717, 1.165) is 30.8 Å². The van der Waals surface area contributed by atoms with Gasteiger partial charge >= 0.3 is 0 Å². The Morgan fingerprint density at radius 1 is 1.17 bits per heavy atom. The summed E-state index contributed by atoms with van der Waals surface area (Å²) in [5, 5.41) is 10.7. The summed E-state index contributed by atoms with van der Waals surface area (Å²) in [4.78, 5) is 23.7. The third kappa shape index (κ3) is 6.97. The fourth-order valence-corrected chi connectivity index (χ4v) is 3.20. The van der Waals surface area contributed by atoms with Crippen LogP contribution >= 0.6 is 23.8 Å². The molecule has 0 bridgehead atoms. The molecule has 0 radical (unpaired) electrons. The van der Waals surface area contributed by atoms with Gasteiger partial charge < -0.3 is 10.6 Å². The first-order valence-corrected chi connectivity index (χ1v) is 10.6. The Morgan fingerprint density at radius 2 is 1.86 bits per heavy atom. The summed E-state index contributed by atoms with van der Waals surface area (Å²) in [5.74, 6) is 0.331. The van der Waals surface area contributed by atoms with E-state index in [1.807, 2.05) is 42.7 Å². The van der Waals surface area contributed by atoms with E-state index >= 15 is 0 Å². The molecule has 2 rings (SSSR count). The van der Waals surface area contributed by atoms with Crippen LogP contribution < -0.4 is 10.6 Å². The van der Waals surface area contributed by atoms with Crippen LogP contribution in [0.5, 0.6) is 0 Å². The number of rotatable bonds is 10. The molecular weight excluding hydrogens is 410 g/mol. The fourth-order valence-electron chi connectivity index (χ4n) is 2.76. The summed E-state index contributed by atoms with van der Waals surface area (Å²) in [6.45, 7) is 6.92. The molecule has 0 atom stereocenters. The summed E-state index contributed by atoms with van der Waals surface area (Å²) in [6, 6.07) is 7.49. The molecule has 1 aromatic carbocycles. The number of unbranched alkanes of at least 4 members (excludes halogenated alkanes) is 1. The lowest BCUT2D eigenvalue weighted by Gasteiger charge is -2.09. The van der Waals surface area contributed by atoms with E-state index in [0.29, 0.717) is 16.3 Å². The minimum absolute atomic E-state index is 0.0381. The number of carbonyl (C=O) groups is 2. The van der Waals surface area contributed by atoms with E-state index in [-0.39, 0.29) is 30.8 Å². The minimum Gasteiger partial charge on any atom is -0.352 e. The number of aromatic nitrogens is 3. The minimum atomic E-state index is -0.220. The number of amides is 2. The third-order valence-electron chi connectivity index (χ3n) is 4.21. The van der Waals surface area contributed by atoms with Crippen molar-refractivity contribution >= 4 is 35.6 Å². The fraction of sp³-hybridized carbons (Fsp3) is 0.500. The summed E-state index contributed by atoms with van der Waals surface area (Å²) < 4.78 is 4.24. The zero-order valence-corrected chi connectivity index (χ0v) is 18.6. The number of hydrogen-bond acceptors (Lipinski definition) is 4. The molecule has 158 valence electrons. The van der Waals surface area contributed by atoms with Gasteiger partial charge in [-0.2, -0.15) is 5.10 Å². The Hall–Kier alpha value is -2.19. The standard InChI is InChI=1S/C20H28ClN5O2S/c1-4-5-11-25-19(15-6-8-16(21)9-7-15)24-26(20(25)29)12-10-17(27)22-13-18(28)23-14(2)3/h6-9,14H,4-5,10-13H2,1-3H3,(H,22,27)(H,23,28). The van der Waals surface area contributed by atoms with Crippen LogP contribution in [-0.2, 0) is 22.7 Å². The van der Waals surface area contributed by atoms with Crippen molar-refractivity contribution in [2.24, 2.45) is 0 Å². The predicted molar refractivity (Wildman–Crippen MR) is 117 cm³/mol. The SMILES string of the molecule is CCCCn1c(-c2ccc(Cl)cc2)nn(CCC(=O)NCC(=O)NC(C)C)c1=S. The van der Waals surface area contributed by atoms with Crippen molar-refractivity contribution < 1.29 is 9.59 Å². The molecule has 29 heavy (non-hydrogen) atoms. The molecule has 1 heterocycles. The van der Waals surface area contributed by atoms with Crippen molar-refractivity contribution in [2.75, 3.05) is 6.54 Å². The number of nitrogens with one attached hydrogen (secondary N) is 2. The van der Waals surface area contributed by atoms with E-state index in [9.17, 15) is 9.59 Å². The second-order valence-electron chi connectivity index (χ2n) is 7.09. The smallest absolute Gasteiger partial charge is 0.239 e. The monoisotopic (exact) mass is 437 g/mol. The van der Waals surface area contributed by atoms with Crippen molar-refractivity contribution in [3.05, 3.63) is 34.1 Å². The molecule has 2 amide bonds. The highest BCUT2D eigenvalue weighted by atomic mass is 35.5. The van der Waals surface area contributed by atoms with Gasteiger partial charge in [-0.05, 0) is 56.8 Å². The van der Waals surface area contributed by atoms with Crippen LogP contribution in [0.25, 0.3) is 11.4 Å². The molecule has 7 nitrogen and oxygen atoms in total. The van der Waals surface area contributed by atoms with Gasteiger partial charge in [0.2, 0.25) is 11.8 Å². The van der Waals surface area contributed by atoms with Crippen LogP contribution in [0.3, 0.4) is 0 Å². The van der Waals surface area contributed by atoms with E-state index < -0.39 is 0 Å². The van der Waals surface area contributed by atoms with Gasteiger partial charge in [-0.25, -0.2) is 4.68 Å². The summed E-state index contributed by atoms with van der Waals surface area (Å²) in [7, 11) is 0. The molecule has 0 saturated carbocycles. The predicted octanol–water partition coefficient (Wildman–Crippen LogP) is 3.57. The molecule has 1 aromatic heterocycles.